The molecule has 3 nitrogen and oxygen atoms in total. The van der Waals surface area contributed by atoms with Crippen LogP contribution >= 0.6 is 0 Å². The second kappa shape index (κ2) is 8.93. The van der Waals surface area contributed by atoms with Gasteiger partial charge in [-0.1, -0.05) is 25.5 Å². The molecule has 0 heterocycles. The van der Waals surface area contributed by atoms with Gasteiger partial charge in [-0.3, -0.25) is 0 Å². The molecule has 1 saturated carbocycles. The summed E-state index contributed by atoms with van der Waals surface area (Å²) in [5.41, 5.74) is 1.21. The van der Waals surface area contributed by atoms with Gasteiger partial charge in [0.05, 0.1) is 12.7 Å². The summed E-state index contributed by atoms with van der Waals surface area (Å²) in [5.74, 6) is 1.84. The zero-order chi connectivity index (χ0) is 14.9. The summed E-state index contributed by atoms with van der Waals surface area (Å²) >= 11 is 0. The summed E-state index contributed by atoms with van der Waals surface area (Å²) in [5, 5.41) is 3.46. The lowest BCUT2D eigenvalue weighted by atomic mass is 9.97. The lowest BCUT2D eigenvalue weighted by Gasteiger charge is -2.25. The summed E-state index contributed by atoms with van der Waals surface area (Å²) in [4.78, 5) is 0. The highest BCUT2D eigenvalue weighted by Gasteiger charge is 2.19. The molecule has 0 unspecified atom stereocenters. The fraction of sp³-hybridized carbons (Fsp3) is 0.667. The van der Waals surface area contributed by atoms with Crippen molar-refractivity contribution in [1.29, 1.82) is 0 Å². The molecule has 1 aromatic rings. The molecule has 21 heavy (non-hydrogen) atoms. The minimum atomic E-state index is 0.352. The van der Waals surface area contributed by atoms with Crippen LogP contribution in [0.25, 0.3) is 0 Å². The fourth-order valence-corrected chi connectivity index (χ4v) is 2.85. The summed E-state index contributed by atoms with van der Waals surface area (Å²) in [6.45, 7) is 6.75. The van der Waals surface area contributed by atoms with E-state index in [0.717, 1.165) is 31.0 Å². The first-order valence-corrected chi connectivity index (χ1v) is 8.47. The van der Waals surface area contributed by atoms with Crippen LogP contribution in [-0.2, 0) is 6.54 Å². The van der Waals surface area contributed by atoms with Crippen molar-refractivity contribution in [1.82, 2.24) is 5.32 Å². The van der Waals surface area contributed by atoms with Crippen LogP contribution in [0.1, 0.15) is 57.9 Å². The van der Waals surface area contributed by atoms with Gasteiger partial charge in [0, 0.05) is 12.1 Å². The second-order valence-electron chi connectivity index (χ2n) is 5.73. The van der Waals surface area contributed by atoms with Crippen LogP contribution < -0.4 is 14.8 Å². The largest absolute Gasteiger partial charge is 0.490 e. The first kappa shape index (κ1) is 16.2. The van der Waals surface area contributed by atoms with E-state index in [1.165, 1.54) is 37.7 Å². The zero-order valence-electron chi connectivity index (χ0n) is 13.5. The van der Waals surface area contributed by atoms with Gasteiger partial charge in [0.15, 0.2) is 11.5 Å². The third-order valence-corrected chi connectivity index (χ3v) is 3.94. The van der Waals surface area contributed by atoms with Crippen molar-refractivity contribution in [2.75, 3.05) is 13.2 Å². The Kier molecular flexibility index (Phi) is 6.87. The standard InChI is InChI=1S/C18H29NO2/c1-3-13-19-14-15-9-8-12-17(20-4-2)18(15)21-16-10-6-5-7-11-16/h8-9,12,16,19H,3-7,10-11,13-14H2,1-2H3. The maximum Gasteiger partial charge on any atom is 0.166 e. The average Bonchev–Trinajstić information content (AvgIpc) is 2.52. The highest BCUT2D eigenvalue weighted by molar-refractivity contribution is 5.46. The van der Waals surface area contributed by atoms with Gasteiger partial charge in [-0.25, -0.2) is 0 Å². The Hall–Kier alpha value is -1.22. The molecular formula is C18H29NO2. The predicted octanol–water partition coefficient (Wildman–Crippen LogP) is 4.30. The summed E-state index contributed by atoms with van der Waals surface area (Å²) < 4.78 is 12.1. The maximum atomic E-state index is 6.34. The van der Waals surface area contributed by atoms with Crippen LogP contribution in [0.4, 0.5) is 0 Å². The Balaban J connectivity index is 2.11. The molecule has 0 amide bonds. The van der Waals surface area contributed by atoms with Crippen LogP contribution in [0.5, 0.6) is 11.5 Å². The van der Waals surface area contributed by atoms with Crippen molar-refractivity contribution in [3.8, 4) is 11.5 Å². The summed E-state index contributed by atoms with van der Waals surface area (Å²) in [6.07, 6.45) is 7.74. The molecule has 3 heteroatoms. The van der Waals surface area contributed by atoms with Gasteiger partial charge in [0.1, 0.15) is 0 Å². The monoisotopic (exact) mass is 291 g/mol. The quantitative estimate of drug-likeness (QED) is 0.725. The van der Waals surface area contributed by atoms with Crippen molar-refractivity contribution >= 4 is 0 Å². The van der Waals surface area contributed by atoms with Crippen molar-refractivity contribution in [3.05, 3.63) is 23.8 Å². The van der Waals surface area contributed by atoms with Gasteiger partial charge in [-0.2, -0.15) is 0 Å². The number of benzene rings is 1. The first-order chi connectivity index (χ1) is 10.3. The number of hydrogen-bond donors (Lipinski definition) is 1. The zero-order valence-corrected chi connectivity index (χ0v) is 13.5. The Morgan fingerprint density at radius 1 is 1.14 bits per heavy atom. The summed E-state index contributed by atoms with van der Waals surface area (Å²) in [7, 11) is 0. The Labute approximate surface area is 129 Å². The topological polar surface area (TPSA) is 30.5 Å². The smallest absolute Gasteiger partial charge is 0.166 e. The van der Waals surface area contributed by atoms with E-state index in [-0.39, 0.29) is 0 Å². The van der Waals surface area contributed by atoms with E-state index in [0.29, 0.717) is 12.7 Å². The van der Waals surface area contributed by atoms with E-state index in [1.54, 1.807) is 0 Å². The van der Waals surface area contributed by atoms with Gasteiger partial charge in [0.25, 0.3) is 0 Å². The molecule has 1 N–H and O–H groups in total. The van der Waals surface area contributed by atoms with E-state index in [1.807, 2.05) is 13.0 Å². The molecule has 0 saturated heterocycles. The molecule has 0 aliphatic heterocycles. The number of nitrogens with one attached hydrogen (secondary N) is 1. The van der Waals surface area contributed by atoms with E-state index >= 15 is 0 Å². The lowest BCUT2D eigenvalue weighted by Crippen LogP contribution is -2.22. The third kappa shape index (κ3) is 4.92. The molecule has 1 aliphatic rings. The van der Waals surface area contributed by atoms with E-state index in [9.17, 15) is 0 Å². The minimum absolute atomic E-state index is 0.352. The molecule has 0 aromatic heterocycles. The fourth-order valence-electron chi connectivity index (χ4n) is 2.85. The average molecular weight is 291 g/mol. The molecule has 0 radical (unpaired) electrons. The van der Waals surface area contributed by atoms with Crippen LogP contribution in [0.2, 0.25) is 0 Å². The van der Waals surface area contributed by atoms with Gasteiger partial charge >= 0.3 is 0 Å². The molecule has 2 rings (SSSR count). The molecule has 0 atom stereocenters. The van der Waals surface area contributed by atoms with Gasteiger partial charge in [-0.15, -0.1) is 0 Å². The normalized spacial score (nSPS) is 15.9. The Bertz CT molecular complexity index is 414. The van der Waals surface area contributed by atoms with Crippen LogP contribution in [-0.4, -0.2) is 19.3 Å². The molecule has 118 valence electrons. The van der Waals surface area contributed by atoms with Crippen LogP contribution in [0.15, 0.2) is 18.2 Å². The molecular weight excluding hydrogens is 262 g/mol. The first-order valence-electron chi connectivity index (χ1n) is 8.47. The molecule has 1 aliphatic carbocycles. The Morgan fingerprint density at radius 3 is 2.67 bits per heavy atom. The van der Waals surface area contributed by atoms with Gasteiger partial charge < -0.3 is 14.8 Å². The van der Waals surface area contributed by atoms with Crippen molar-refractivity contribution in [2.24, 2.45) is 0 Å². The maximum absolute atomic E-state index is 6.34. The molecule has 1 fully saturated rings. The van der Waals surface area contributed by atoms with Crippen molar-refractivity contribution < 1.29 is 9.47 Å². The molecule has 1 aromatic carbocycles. The third-order valence-electron chi connectivity index (χ3n) is 3.94. The van der Waals surface area contributed by atoms with E-state index in [4.69, 9.17) is 9.47 Å². The van der Waals surface area contributed by atoms with Crippen LogP contribution in [0.3, 0.4) is 0 Å². The number of ether oxygens (including phenoxy) is 2. The minimum Gasteiger partial charge on any atom is -0.490 e. The van der Waals surface area contributed by atoms with Gasteiger partial charge in [-0.05, 0) is 51.6 Å². The predicted molar refractivity (Wildman–Crippen MR) is 87.1 cm³/mol. The van der Waals surface area contributed by atoms with E-state index in [2.05, 4.69) is 24.4 Å². The highest BCUT2D eigenvalue weighted by Crippen LogP contribution is 2.34. The Morgan fingerprint density at radius 2 is 1.95 bits per heavy atom. The van der Waals surface area contributed by atoms with E-state index < -0.39 is 0 Å². The number of rotatable bonds is 8. The molecule has 0 spiro atoms. The van der Waals surface area contributed by atoms with Gasteiger partial charge in [0.2, 0.25) is 0 Å². The van der Waals surface area contributed by atoms with Crippen LogP contribution in [0, 0.1) is 0 Å². The SMILES string of the molecule is CCCNCc1cccc(OCC)c1OC1CCCCC1. The summed E-state index contributed by atoms with van der Waals surface area (Å²) in [6, 6.07) is 6.22. The van der Waals surface area contributed by atoms with Crippen molar-refractivity contribution in [3.63, 3.8) is 0 Å². The lowest BCUT2D eigenvalue weighted by molar-refractivity contribution is 0.146. The van der Waals surface area contributed by atoms with Crippen molar-refractivity contribution in [2.45, 2.75) is 65.0 Å². The highest BCUT2D eigenvalue weighted by atomic mass is 16.5. The number of hydrogen-bond acceptors (Lipinski definition) is 3. The second-order valence-corrected chi connectivity index (χ2v) is 5.73. The molecule has 0 bridgehead atoms. The number of para-hydroxylation sites is 1.